The Kier molecular flexibility index (Phi) is 8.32. The van der Waals surface area contributed by atoms with Gasteiger partial charge in [-0.05, 0) is 89.5 Å². The number of carbonyl (C=O) groups excluding carboxylic acids is 2. The Morgan fingerprint density at radius 3 is 2.54 bits per heavy atom. The first-order chi connectivity index (χ1) is 22.1. The molecule has 0 unspecified atom stereocenters. The van der Waals surface area contributed by atoms with E-state index in [4.69, 9.17) is 4.74 Å². The van der Waals surface area contributed by atoms with E-state index in [9.17, 15) is 14.4 Å². The van der Waals surface area contributed by atoms with Crippen molar-refractivity contribution in [2.24, 2.45) is 0 Å². The van der Waals surface area contributed by atoms with Gasteiger partial charge in [0.1, 0.15) is 11.9 Å². The van der Waals surface area contributed by atoms with E-state index in [1.165, 1.54) is 6.07 Å². The summed E-state index contributed by atoms with van der Waals surface area (Å²) >= 11 is 0. The van der Waals surface area contributed by atoms with Crippen LogP contribution in [-0.2, 0) is 16.1 Å². The normalized spacial score (nSPS) is 17.1. The van der Waals surface area contributed by atoms with Crippen LogP contribution in [0.4, 0.5) is 20.6 Å². The number of benzene rings is 4. The predicted molar refractivity (Wildman–Crippen MR) is 179 cm³/mol. The number of anilines is 2. The fraction of sp³-hybridized carbons (Fsp3) is 0.216. The number of pyridine rings is 1. The van der Waals surface area contributed by atoms with Gasteiger partial charge in [-0.15, -0.1) is 0 Å². The highest BCUT2D eigenvalue weighted by Crippen LogP contribution is 2.33. The third-order valence-electron chi connectivity index (χ3n) is 8.50. The van der Waals surface area contributed by atoms with Gasteiger partial charge in [0.25, 0.3) is 5.56 Å². The summed E-state index contributed by atoms with van der Waals surface area (Å²) < 4.78 is 20.7. The minimum Gasteiger partial charge on any atom is -0.449 e. The van der Waals surface area contributed by atoms with Crippen LogP contribution >= 0.6 is 0 Å². The van der Waals surface area contributed by atoms with Crippen molar-refractivity contribution in [3.05, 3.63) is 129 Å². The van der Waals surface area contributed by atoms with E-state index in [1.807, 2.05) is 57.2 Å². The van der Waals surface area contributed by atoms with Gasteiger partial charge in [-0.3, -0.25) is 14.9 Å². The quantitative estimate of drug-likeness (QED) is 0.195. The summed E-state index contributed by atoms with van der Waals surface area (Å²) in [6.45, 7) is 6.10. The smallest absolute Gasteiger partial charge is 0.411 e. The van der Waals surface area contributed by atoms with Gasteiger partial charge in [-0.2, -0.15) is 0 Å². The third-order valence-corrected chi connectivity index (χ3v) is 8.50. The summed E-state index contributed by atoms with van der Waals surface area (Å²) in [5.74, 6) is -0.729. The van der Waals surface area contributed by atoms with Crippen LogP contribution in [0, 0.1) is 19.7 Å². The molecule has 3 N–H and O–H groups in total. The molecule has 7 rings (SSSR count). The zero-order valence-electron chi connectivity index (χ0n) is 26.1. The van der Waals surface area contributed by atoms with Gasteiger partial charge < -0.3 is 19.9 Å². The second kappa shape index (κ2) is 12.5. The lowest BCUT2D eigenvalue weighted by Gasteiger charge is -2.28. The van der Waals surface area contributed by atoms with E-state index in [0.717, 1.165) is 27.6 Å². The number of hydrogen-bond donors (Lipinski definition) is 3. The Bertz CT molecular complexity index is 2040. The summed E-state index contributed by atoms with van der Waals surface area (Å²) in [5, 5.41) is 7.46. The zero-order chi connectivity index (χ0) is 32.5. The number of amides is 2. The van der Waals surface area contributed by atoms with E-state index in [1.54, 1.807) is 54.5 Å². The molecule has 2 aliphatic heterocycles. The second-order valence-electron chi connectivity index (χ2n) is 12.0. The van der Waals surface area contributed by atoms with Gasteiger partial charge in [0.05, 0.1) is 6.61 Å². The monoisotopic (exact) mass is 618 g/mol. The molecule has 5 aromatic rings. The van der Waals surface area contributed by atoms with Crippen LogP contribution in [0.15, 0.2) is 89.9 Å². The van der Waals surface area contributed by atoms with Crippen molar-refractivity contribution in [2.45, 2.75) is 39.3 Å². The number of ether oxygens (including phenoxy) is 1. The molecule has 8 nitrogen and oxygen atoms in total. The van der Waals surface area contributed by atoms with Crippen molar-refractivity contribution in [3.8, 4) is 11.1 Å². The number of nitrogens with one attached hydrogen (secondary N) is 3. The first-order valence-corrected chi connectivity index (χ1v) is 15.1. The molecule has 0 spiro atoms. The molecular weight excluding hydrogens is 583 g/mol. The molecule has 4 bridgehead atoms. The number of halogens is 1. The van der Waals surface area contributed by atoms with E-state index < -0.39 is 18.0 Å². The van der Waals surface area contributed by atoms with Crippen LogP contribution in [-0.4, -0.2) is 35.5 Å². The number of nitrogens with zero attached hydrogens (tertiary/aromatic N) is 1. The predicted octanol–water partition coefficient (Wildman–Crippen LogP) is 7.43. The number of fused-ring (bicyclic) bond motifs is 10. The van der Waals surface area contributed by atoms with Crippen LogP contribution < -0.4 is 16.2 Å². The van der Waals surface area contributed by atoms with Gasteiger partial charge in [0, 0.05) is 48.0 Å². The van der Waals surface area contributed by atoms with E-state index in [2.05, 4.69) is 15.6 Å². The van der Waals surface area contributed by atoms with Crippen molar-refractivity contribution in [1.82, 2.24) is 9.88 Å². The molecule has 0 saturated heterocycles. The van der Waals surface area contributed by atoms with Crippen molar-refractivity contribution in [1.29, 1.82) is 0 Å². The van der Waals surface area contributed by atoms with E-state index in [0.29, 0.717) is 33.5 Å². The summed E-state index contributed by atoms with van der Waals surface area (Å²) in [7, 11) is 1.69. The highest BCUT2D eigenvalue weighted by atomic mass is 19.1. The maximum absolute atomic E-state index is 15.1. The van der Waals surface area contributed by atoms with Gasteiger partial charge in [-0.25, -0.2) is 9.18 Å². The number of likely N-dealkylation sites (N-methyl/N-ethyl adjacent to an activating group) is 1. The Morgan fingerprint density at radius 2 is 1.74 bits per heavy atom. The van der Waals surface area contributed by atoms with Gasteiger partial charge in [0.2, 0.25) is 5.91 Å². The molecule has 2 amide bonds. The lowest BCUT2D eigenvalue weighted by atomic mass is 9.92. The average Bonchev–Trinajstić information content (AvgIpc) is 3.03. The Hall–Kier alpha value is -5.44. The van der Waals surface area contributed by atoms with Gasteiger partial charge in [-0.1, -0.05) is 48.9 Å². The molecule has 9 heteroatoms. The number of hydrogen-bond acceptors (Lipinski definition) is 5. The van der Waals surface area contributed by atoms with Crippen molar-refractivity contribution < 1.29 is 18.7 Å². The molecule has 3 heterocycles. The number of rotatable bonds is 3. The molecule has 4 aromatic carbocycles. The third kappa shape index (κ3) is 6.21. The largest absolute Gasteiger partial charge is 0.449 e. The first-order valence-electron chi connectivity index (χ1n) is 15.1. The molecule has 234 valence electrons. The maximum atomic E-state index is 15.1. The summed E-state index contributed by atoms with van der Waals surface area (Å²) in [6.07, 6.45) is 1.00. The Morgan fingerprint density at radius 1 is 0.913 bits per heavy atom. The van der Waals surface area contributed by atoms with Crippen LogP contribution in [0.3, 0.4) is 0 Å². The molecule has 0 aliphatic carbocycles. The minimum atomic E-state index is -0.806. The summed E-state index contributed by atoms with van der Waals surface area (Å²) in [6, 6.07) is 22.3. The van der Waals surface area contributed by atoms with Gasteiger partial charge in [0.15, 0.2) is 0 Å². The van der Waals surface area contributed by atoms with Crippen LogP contribution in [0.1, 0.15) is 46.7 Å². The number of aromatic nitrogens is 1. The molecule has 2 atom stereocenters. The topological polar surface area (TPSA) is 104 Å². The molecule has 0 radical (unpaired) electrons. The number of carbonyl (C=O) groups is 2. The number of H-pyrrole nitrogens is 1. The standard InChI is InChI=1S/C37H35FN4O4/c1-21-5-12-33(38)32(15-21)30-11-9-27-17-26(30)19-42(4)36(44)34(40-28-8-6-24-13-14-39-35(43)31(24)18-28)25-7-10-29(22(2)16-25)23(3)20-46-37(45)41-27/h5-18,23,34,40H,19-20H2,1-4H3,(H,39,43)(H,41,45)/t23-,34+/m0/s1. The lowest BCUT2D eigenvalue weighted by molar-refractivity contribution is -0.131. The fourth-order valence-electron chi connectivity index (χ4n) is 6.07. The van der Waals surface area contributed by atoms with Gasteiger partial charge >= 0.3 is 6.09 Å². The Balaban J connectivity index is 1.45. The van der Waals surface area contributed by atoms with Crippen LogP contribution in [0.5, 0.6) is 0 Å². The SMILES string of the molecule is Cc1ccc(F)c(-c2ccc3cc2CN(C)C(=O)[C@H](Nc2ccc4cc[nH]c(=O)c4c2)c2ccc(c(C)c2)[C@@H](C)COC(=O)N3)c1. The highest BCUT2D eigenvalue weighted by molar-refractivity contribution is 5.89. The summed E-state index contributed by atoms with van der Waals surface area (Å²) in [4.78, 5) is 44.0. The second-order valence-corrected chi connectivity index (χ2v) is 12.0. The molecule has 0 saturated carbocycles. The zero-order valence-corrected chi connectivity index (χ0v) is 26.1. The molecular formula is C37H35FN4O4. The number of aromatic amines is 1. The minimum absolute atomic E-state index is 0.105. The maximum Gasteiger partial charge on any atom is 0.411 e. The first kappa shape index (κ1) is 30.6. The average molecular weight is 619 g/mol. The van der Waals surface area contributed by atoms with Crippen molar-refractivity contribution in [3.63, 3.8) is 0 Å². The molecule has 1 aromatic heterocycles. The molecule has 46 heavy (non-hydrogen) atoms. The van der Waals surface area contributed by atoms with E-state index in [-0.39, 0.29) is 30.5 Å². The molecule has 0 fully saturated rings. The van der Waals surface area contributed by atoms with Crippen LogP contribution in [0.2, 0.25) is 0 Å². The van der Waals surface area contributed by atoms with Crippen molar-refractivity contribution >= 4 is 34.1 Å². The highest BCUT2D eigenvalue weighted by Gasteiger charge is 2.27. The van der Waals surface area contributed by atoms with E-state index >= 15 is 4.39 Å². The van der Waals surface area contributed by atoms with Crippen LogP contribution in [0.25, 0.3) is 21.9 Å². The fourth-order valence-corrected chi connectivity index (χ4v) is 6.07. The lowest BCUT2D eigenvalue weighted by Crippen LogP contribution is -2.35. The Labute approximate surface area is 266 Å². The summed E-state index contributed by atoms with van der Waals surface area (Å²) in [5.41, 5.74) is 6.06. The molecule has 2 aliphatic rings. The number of aryl methyl sites for hydroxylation is 2. The van der Waals surface area contributed by atoms with Crippen molar-refractivity contribution in [2.75, 3.05) is 24.3 Å².